The summed E-state index contributed by atoms with van der Waals surface area (Å²) in [7, 11) is 0. The highest BCUT2D eigenvalue weighted by Crippen LogP contribution is 2.29. The predicted molar refractivity (Wildman–Crippen MR) is 92.0 cm³/mol. The quantitative estimate of drug-likeness (QED) is 0.709. The number of aromatic nitrogens is 1. The van der Waals surface area contributed by atoms with Gasteiger partial charge < -0.3 is 11.1 Å². The van der Waals surface area contributed by atoms with Gasteiger partial charge in [0.1, 0.15) is 0 Å². The third kappa shape index (κ3) is 3.00. The molecule has 0 aliphatic rings. The number of aryl methyl sites for hydroxylation is 1. The Labute approximate surface area is 128 Å². The molecule has 3 rings (SSSR count). The van der Waals surface area contributed by atoms with Crippen LogP contribution in [0.5, 0.6) is 0 Å². The van der Waals surface area contributed by atoms with Crippen LogP contribution in [0.2, 0.25) is 0 Å². The highest BCUT2D eigenvalue weighted by atomic mass is 32.1. The van der Waals surface area contributed by atoms with E-state index in [9.17, 15) is 0 Å². The Morgan fingerprint density at radius 1 is 1.24 bits per heavy atom. The summed E-state index contributed by atoms with van der Waals surface area (Å²) in [4.78, 5) is 6.88. The molecule has 0 aliphatic carbocycles. The molecule has 0 saturated carbocycles. The lowest BCUT2D eigenvalue weighted by Gasteiger charge is -2.17. The first kappa shape index (κ1) is 13.9. The Kier molecular flexibility index (Phi) is 3.80. The van der Waals surface area contributed by atoms with E-state index >= 15 is 0 Å². The number of fused-ring (bicyclic) bond motifs is 1. The van der Waals surface area contributed by atoms with Crippen LogP contribution in [0.4, 0.5) is 11.4 Å². The van der Waals surface area contributed by atoms with Crippen LogP contribution in [-0.4, -0.2) is 11.0 Å². The first-order valence-corrected chi connectivity index (χ1v) is 7.89. The summed E-state index contributed by atoms with van der Waals surface area (Å²) in [6, 6.07) is 10.8. The molecule has 0 spiro atoms. The zero-order valence-corrected chi connectivity index (χ0v) is 13.1. The molecule has 3 N–H and O–H groups in total. The van der Waals surface area contributed by atoms with Gasteiger partial charge in [0.15, 0.2) is 0 Å². The fourth-order valence-corrected chi connectivity index (χ4v) is 3.55. The Hall–Kier alpha value is -2.07. The van der Waals surface area contributed by atoms with Crippen molar-refractivity contribution in [3.63, 3.8) is 0 Å². The first-order valence-electron chi connectivity index (χ1n) is 7.07. The van der Waals surface area contributed by atoms with Crippen LogP contribution in [0.15, 0.2) is 42.7 Å². The van der Waals surface area contributed by atoms with Crippen LogP contribution < -0.4 is 11.1 Å². The van der Waals surface area contributed by atoms with Crippen LogP contribution in [0.25, 0.3) is 10.8 Å². The molecule has 1 aromatic carbocycles. The number of nitrogen functional groups attached to an aromatic ring is 1. The van der Waals surface area contributed by atoms with Gasteiger partial charge in [0.05, 0.1) is 11.4 Å². The molecular formula is C17H19N3S. The van der Waals surface area contributed by atoms with Crippen molar-refractivity contribution in [1.82, 2.24) is 4.98 Å². The maximum atomic E-state index is 6.28. The number of benzene rings is 1. The molecule has 108 valence electrons. The summed E-state index contributed by atoms with van der Waals surface area (Å²) in [5.41, 5.74) is 8.07. The minimum absolute atomic E-state index is 0.338. The molecule has 1 unspecified atom stereocenters. The van der Waals surface area contributed by atoms with Crippen LogP contribution in [0.1, 0.15) is 16.7 Å². The normalized spacial score (nSPS) is 12.5. The van der Waals surface area contributed by atoms with Crippen molar-refractivity contribution >= 4 is 33.5 Å². The van der Waals surface area contributed by atoms with E-state index in [4.69, 9.17) is 5.73 Å². The maximum Gasteiger partial charge on any atom is 0.0630 e. The van der Waals surface area contributed by atoms with Gasteiger partial charge in [-0.05, 0) is 38.1 Å². The number of nitrogens with one attached hydrogen (secondary N) is 1. The fourth-order valence-electron chi connectivity index (χ4n) is 2.53. The van der Waals surface area contributed by atoms with E-state index in [-0.39, 0.29) is 0 Å². The number of nitrogens with two attached hydrogens (primary N) is 1. The molecule has 3 aromatic rings. The monoisotopic (exact) mass is 297 g/mol. The third-order valence-corrected chi connectivity index (χ3v) is 4.59. The molecule has 1 atom stereocenters. The van der Waals surface area contributed by atoms with Crippen LogP contribution in [0, 0.1) is 6.92 Å². The number of nitrogens with zero attached hydrogens (tertiary/aromatic N) is 1. The lowest BCUT2D eigenvalue weighted by Crippen LogP contribution is -2.18. The molecule has 0 saturated heterocycles. The Morgan fingerprint density at radius 2 is 2.10 bits per heavy atom. The summed E-state index contributed by atoms with van der Waals surface area (Å²) in [6.07, 6.45) is 4.62. The van der Waals surface area contributed by atoms with Gasteiger partial charge in [0, 0.05) is 45.4 Å². The van der Waals surface area contributed by atoms with Crippen LogP contribution in [0.3, 0.4) is 0 Å². The standard InChI is InChI=1S/C17H19N3S/c1-11(9-14-5-3-12(2)21-14)20-16-6-4-13-10-19-8-7-15(13)17(16)18/h3-8,10-11,20H,9,18H2,1-2H3. The second-order valence-corrected chi connectivity index (χ2v) is 6.76. The number of rotatable bonds is 4. The smallest absolute Gasteiger partial charge is 0.0630 e. The van der Waals surface area contributed by atoms with Crippen molar-refractivity contribution < 1.29 is 0 Å². The molecule has 21 heavy (non-hydrogen) atoms. The molecule has 0 amide bonds. The van der Waals surface area contributed by atoms with E-state index in [0.717, 1.165) is 28.6 Å². The number of hydrogen-bond donors (Lipinski definition) is 2. The van der Waals surface area contributed by atoms with Crippen LogP contribution >= 0.6 is 11.3 Å². The number of pyridine rings is 1. The minimum atomic E-state index is 0.338. The minimum Gasteiger partial charge on any atom is -0.397 e. The summed E-state index contributed by atoms with van der Waals surface area (Å²) in [5, 5.41) is 5.64. The average Bonchev–Trinajstić information content (AvgIpc) is 2.87. The Balaban J connectivity index is 1.79. The summed E-state index contributed by atoms with van der Waals surface area (Å²) in [5.74, 6) is 0. The topological polar surface area (TPSA) is 50.9 Å². The van der Waals surface area contributed by atoms with Crippen molar-refractivity contribution in [3.05, 3.63) is 52.5 Å². The Morgan fingerprint density at radius 3 is 2.86 bits per heavy atom. The van der Waals surface area contributed by atoms with E-state index in [0.29, 0.717) is 6.04 Å². The van der Waals surface area contributed by atoms with E-state index in [1.165, 1.54) is 9.75 Å². The van der Waals surface area contributed by atoms with Crippen molar-refractivity contribution in [2.24, 2.45) is 0 Å². The molecule has 0 fully saturated rings. The molecule has 3 nitrogen and oxygen atoms in total. The molecule has 2 heterocycles. The molecule has 2 aromatic heterocycles. The molecular weight excluding hydrogens is 278 g/mol. The second kappa shape index (κ2) is 5.74. The van der Waals surface area contributed by atoms with Gasteiger partial charge in [-0.15, -0.1) is 11.3 Å². The van der Waals surface area contributed by atoms with E-state index < -0.39 is 0 Å². The van der Waals surface area contributed by atoms with E-state index in [1.807, 2.05) is 29.7 Å². The van der Waals surface area contributed by atoms with Crippen molar-refractivity contribution in [2.75, 3.05) is 11.1 Å². The number of hydrogen-bond acceptors (Lipinski definition) is 4. The molecule has 0 bridgehead atoms. The van der Waals surface area contributed by atoms with Gasteiger partial charge >= 0.3 is 0 Å². The van der Waals surface area contributed by atoms with Gasteiger partial charge in [-0.2, -0.15) is 0 Å². The summed E-state index contributed by atoms with van der Waals surface area (Å²) >= 11 is 1.85. The van der Waals surface area contributed by atoms with Gasteiger partial charge in [0.25, 0.3) is 0 Å². The predicted octanol–water partition coefficient (Wildman–Crippen LogP) is 4.23. The molecule has 0 aliphatic heterocycles. The van der Waals surface area contributed by atoms with Crippen molar-refractivity contribution in [2.45, 2.75) is 26.3 Å². The Bertz CT molecular complexity index is 764. The lowest BCUT2D eigenvalue weighted by molar-refractivity contribution is 0.801. The SMILES string of the molecule is Cc1ccc(CC(C)Nc2ccc3cnccc3c2N)s1. The summed E-state index contributed by atoms with van der Waals surface area (Å²) in [6.45, 7) is 4.33. The average molecular weight is 297 g/mol. The third-order valence-electron chi connectivity index (χ3n) is 3.57. The lowest BCUT2D eigenvalue weighted by atomic mass is 10.1. The molecule has 4 heteroatoms. The maximum absolute atomic E-state index is 6.28. The van der Waals surface area contributed by atoms with Gasteiger partial charge in [-0.25, -0.2) is 0 Å². The van der Waals surface area contributed by atoms with E-state index in [2.05, 4.69) is 42.3 Å². The van der Waals surface area contributed by atoms with Crippen molar-refractivity contribution in [3.8, 4) is 0 Å². The van der Waals surface area contributed by atoms with Gasteiger partial charge in [-0.1, -0.05) is 6.07 Å². The zero-order valence-electron chi connectivity index (χ0n) is 12.3. The number of anilines is 2. The van der Waals surface area contributed by atoms with Crippen LogP contribution in [-0.2, 0) is 6.42 Å². The number of thiophene rings is 1. The summed E-state index contributed by atoms with van der Waals surface area (Å²) < 4.78 is 0. The van der Waals surface area contributed by atoms with E-state index in [1.54, 1.807) is 6.20 Å². The van der Waals surface area contributed by atoms with Gasteiger partial charge in [0.2, 0.25) is 0 Å². The second-order valence-electron chi connectivity index (χ2n) is 5.39. The highest BCUT2D eigenvalue weighted by Gasteiger charge is 2.09. The fraction of sp³-hybridized carbons (Fsp3) is 0.235. The highest BCUT2D eigenvalue weighted by molar-refractivity contribution is 7.11. The molecule has 0 radical (unpaired) electrons. The van der Waals surface area contributed by atoms with Gasteiger partial charge in [-0.3, -0.25) is 4.98 Å². The first-order chi connectivity index (χ1) is 10.1. The van der Waals surface area contributed by atoms with Crippen molar-refractivity contribution in [1.29, 1.82) is 0 Å². The largest absolute Gasteiger partial charge is 0.397 e. The zero-order chi connectivity index (χ0) is 14.8.